The van der Waals surface area contributed by atoms with Crippen molar-refractivity contribution in [3.8, 4) is 11.3 Å². The van der Waals surface area contributed by atoms with Crippen molar-refractivity contribution in [1.29, 1.82) is 0 Å². The molecule has 1 aromatic carbocycles. The third kappa shape index (κ3) is 3.62. The maximum Gasteiger partial charge on any atom is 0.241 e. The van der Waals surface area contributed by atoms with E-state index >= 15 is 0 Å². The Kier molecular flexibility index (Phi) is 3.98. The summed E-state index contributed by atoms with van der Waals surface area (Å²) in [6.45, 7) is 5.84. The van der Waals surface area contributed by atoms with Crippen molar-refractivity contribution >= 4 is 11.6 Å². The summed E-state index contributed by atoms with van der Waals surface area (Å²) in [6.07, 6.45) is 4.09. The molecule has 1 aliphatic rings. The summed E-state index contributed by atoms with van der Waals surface area (Å²) in [5.41, 5.74) is 7.36. The second kappa shape index (κ2) is 5.81. The number of carbonyl (C=O) groups excluding carboxylic acids is 1. The molecular weight excluding hydrogens is 290 g/mol. The number of nitrogens with two attached hydrogens (primary N) is 1. The van der Waals surface area contributed by atoms with E-state index < -0.39 is 6.04 Å². The number of benzene rings is 1. The lowest BCUT2D eigenvalue weighted by atomic mass is 9.87. The van der Waals surface area contributed by atoms with Crippen LogP contribution in [0.2, 0.25) is 0 Å². The highest BCUT2D eigenvalue weighted by atomic mass is 16.4. The zero-order chi connectivity index (χ0) is 16.6. The Balaban J connectivity index is 1.68. The second-order valence-electron chi connectivity index (χ2n) is 7.25. The van der Waals surface area contributed by atoms with Crippen LogP contribution in [0.25, 0.3) is 11.3 Å². The molecule has 0 aliphatic heterocycles. The van der Waals surface area contributed by atoms with Crippen LogP contribution >= 0.6 is 0 Å². The molecule has 1 amide bonds. The van der Waals surface area contributed by atoms with Crippen LogP contribution in [0.3, 0.4) is 0 Å². The lowest BCUT2D eigenvalue weighted by molar-refractivity contribution is -0.119. The van der Waals surface area contributed by atoms with Gasteiger partial charge in [-0.2, -0.15) is 0 Å². The van der Waals surface area contributed by atoms with Gasteiger partial charge in [0.1, 0.15) is 0 Å². The van der Waals surface area contributed by atoms with Gasteiger partial charge in [-0.3, -0.25) is 4.79 Å². The first-order chi connectivity index (χ1) is 10.8. The second-order valence-corrected chi connectivity index (χ2v) is 7.25. The van der Waals surface area contributed by atoms with E-state index in [0.717, 1.165) is 22.9 Å². The van der Waals surface area contributed by atoms with E-state index in [4.69, 9.17) is 10.2 Å². The summed E-state index contributed by atoms with van der Waals surface area (Å²) in [5, 5.41) is 2.85. The van der Waals surface area contributed by atoms with Crippen molar-refractivity contribution in [2.75, 3.05) is 5.32 Å². The predicted molar refractivity (Wildman–Crippen MR) is 90.0 cm³/mol. The van der Waals surface area contributed by atoms with Crippen LogP contribution in [-0.2, 0) is 4.79 Å². The first kappa shape index (κ1) is 15.7. The standard InChI is InChI=1S/C18H23N3O2/c1-18(2,3)15(19)16(22)21-13-8-6-11(7-9-13)14-10-20-17(23-14)12-4-5-12/h6-10,12,15H,4-5,19H2,1-3H3,(H,21,22)/t15-/m1/s1. The molecule has 5 heteroatoms. The van der Waals surface area contributed by atoms with Crippen LogP contribution < -0.4 is 11.1 Å². The van der Waals surface area contributed by atoms with Gasteiger partial charge in [-0.25, -0.2) is 4.98 Å². The lowest BCUT2D eigenvalue weighted by Gasteiger charge is -2.25. The lowest BCUT2D eigenvalue weighted by Crippen LogP contribution is -2.45. The Morgan fingerprint density at radius 2 is 1.96 bits per heavy atom. The summed E-state index contributed by atoms with van der Waals surface area (Å²) in [5.74, 6) is 1.91. The maximum atomic E-state index is 12.1. The summed E-state index contributed by atoms with van der Waals surface area (Å²) < 4.78 is 5.78. The van der Waals surface area contributed by atoms with E-state index in [1.165, 1.54) is 12.8 Å². The molecule has 3 N–H and O–H groups in total. The third-order valence-corrected chi connectivity index (χ3v) is 4.10. The van der Waals surface area contributed by atoms with E-state index in [1.807, 2.05) is 45.0 Å². The first-order valence-corrected chi connectivity index (χ1v) is 7.97. The minimum absolute atomic E-state index is 0.180. The van der Waals surface area contributed by atoms with Crippen molar-refractivity contribution < 1.29 is 9.21 Å². The van der Waals surface area contributed by atoms with Gasteiger partial charge in [0.25, 0.3) is 0 Å². The quantitative estimate of drug-likeness (QED) is 0.904. The number of nitrogens with one attached hydrogen (secondary N) is 1. The number of carbonyl (C=O) groups is 1. The molecule has 1 aliphatic carbocycles. The fourth-order valence-corrected chi connectivity index (χ4v) is 2.27. The van der Waals surface area contributed by atoms with Crippen molar-refractivity contribution in [3.63, 3.8) is 0 Å². The number of nitrogens with zero attached hydrogens (tertiary/aromatic N) is 1. The molecule has 3 rings (SSSR count). The molecular formula is C18H23N3O2. The van der Waals surface area contributed by atoms with Crippen LogP contribution in [0.4, 0.5) is 5.69 Å². The number of oxazole rings is 1. The molecule has 0 radical (unpaired) electrons. The monoisotopic (exact) mass is 313 g/mol. The average molecular weight is 313 g/mol. The molecule has 5 nitrogen and oxygen atoms in total. The van der Waals surface area contributed by atoms with Gasteiger partial charge < -0.3 is 15.5 Å². The van der Waals surface area contributed by atoms with Crippen LogP contribution in [-0.4, -0.2) is 16.9 Å². The highest BCUT2D eigenvalue weighted by molar-refractivity contribution is 5.95. The van der Waals surface area contributed by atoms with E-state index in [9.17, 15) is 4.79 Å². The summed E-state index contributed by atoms with van der Waals surface area (Å²) in [7, 11) is 0. The number of rotatable bonds is 4. The van der Waals surface area contributed by atoms with Crippen molar-refractivity contribution in [2.24, 2.45) is 11.1 Å². The van der Waals surface area contributed by atoms with Crippen LogP contribution in [0, 0.1) is 5.41 Å². The molecule has 1 atom stereocenters. The van der Waals surface area contributed by atoms with Crippen LogP contribution in [0.1, 0.15) is 45.4 Å². The highest BCUT2D eigenvalue weighted by Crippen LogP contribution is 2.40. The Morgan fingerprint density at radius 3 is 2.52 bits per heavy atom. The number of amides is 1. The molecule has 1 saturated carbocycles. The first-order valence-electron chi connectivity index (χ1n) is 7.97. The Labute approximate surface area is 136 Å². The van der Waals surface area contributed by atoms with Crippen LogP contribution in [0.15, 0.2) is 34.9 Å². The molecule has 122 valence electrons. The largest absolute Gasteiger partial charge is 0.440 e. The predicted octanol–water partition coefficient (Wildman–Crippen LogP) is 3.53. The van der Waals surface area contributed by atoms with Crippen molar-refractivity contribution in [2.45, 2.75) is 45.6 Å². The summed E-state index contributed by atoms with van der Waals surface area (Å²) >= 11 is 0. The van der Waals surface area contributed by atoms with Crippen molar-refractivity contribution in [1.82, 2.24) is 4.98 Å². The minimum Gasteiger partial charge on any atom is -0.440 e. The number of aromatic nitrogens is 1. The summed E-state index contributed by atoms with van der Waals surface area (Å²) in [6, 6.07) is 6.96. The smallest absolute Gasteiger partial charge is 0.241 e. The van der Waals surface area contributed by atoms with Gasteiger partial charge in [0.15, 0.2) is 11.7 Å². The molecule has 0 bridgehead atoms. The highest BCUT2D eigenvalue weighted by Gasteiger charge is 2.29. The van der Waals surface area contributed by atoms with E-state index in [-0.39, 0.29) is 11.3 Å². The van der Waals surface area contributed by atoms with Gasteiger partial charge in [-0.15, -0.1) is 0 Å². The van der Waals surface area contributed by atoms with Gasteiger partial charge in [-0.1, -0.05) is 20.8 Å². The summed E-state index contributed by atoms with van der Waals surface area (Å²) in [4.78, 5) is 16.5. The molecule has 0 unspecified atom stereocenters. The topological polar surface area (TPSA) is 81.2 Å². The molecule has 2 aromatic rings. The van der Waals surface area contributed by atoms with E-state index in [0.29, 0.717) is 5.92 Å². The molecule has 1 fully saturated rings. The minimum atomic E-state index is -0.558. The number of anilines is 1. The fourth-order valence-electron chi connectivity index (χ4n) is 2.27. The zero-order valence-electron chi connectivity index (χ0n) is 13.8. The molecule has 1 heterocycles. The number of hydrogen-bond acceptors (Lipinski definition) is 4. The zero-order valence-corrected chi connectivity index (χ0v) is 13.8. The van der Waals surface area contributed by atoms with E-state index in [1.54, 1.807) is 6.20 Å². The molecule has 1 aromatic heterocycles. The maximum absolute atomic E-state index is 12.1. The molecule has 0 spiro atoms. The number of hydrogen-bond donors (Lipinski definition) is 2. The van der Waals surface area contributed by atoms with Gasteiger partial charge >= 0.3 is 0 Å². The van der Waals surface area contributed by atoms with Gasteiger partial charge in [0, 0.05) is 17.2 Å². The van der Waals surface area contributed by atoms with Crippen molar-refractivity contribution in [3.05, 3.63) is 36.4 Å². The average Bonchev–Trinajstić information content (AvgIpc) is 3.24. The van der Waals surface area contributed by atoms with Gasteiger partial charge in [0.05, 0.1) is 12.2 Å². The van der Waals surface area contributed by atoms with Gasteiger partial charge in [-0.05, 0) is 42.5 Å². The fraction of sp³-hybridized carbons (Fsp3) is 0.444. The third-order valence-electron chi connectivity index (χ3n) is 4.10. The molecule has 23 heavy (non-hydrogen) atoms. The van der Waals surface area contributed by atoms with E-state index in [2.05, 4.69) is 10.3 Å². The Morgan fingerprint density at radius 1 is 1.30 bits per heavy atom. The van der Waals surface area contributed by atoms with Crippen LogP contribution in [0.5, 0.6) is 0 Å². The molecule has 0 saturated heterocycles. The Bertz CT molecular complexity index is 694. The normalized spacial score (nSPS) is 16.2. The Hall–Kier alpha value is -2.14. The SMILES string of the molecule is CC(C)(C)[C@H](N)C(=O)Nc1ccc(-c2cnc(C3CC3)o2)cc1. The van der Waals surface area contributed by atoms with Gasteiger partial charge in [0.2, 0.25) is 5.91 Å².